The zero-order chi connectivity index (χ0) is 24.7. The van der Waals surface area contributed by atoms with Gasteiger partial charge in [0, 0.05) is 13.1 Å². The smallest absolute Gasteiger partial charge is 0.453 e. The van der Waals surface area contributed by atoms with Gasteiger partial charge in [-0.1, -0.05) is 37.3 Å². The molecule has 1 saturated heterocycles. The van der Waals surface area contributed by atoms with E-state index in [0.717, 1.165) is 36.7 Å². The van der Waals surface area contributed by atoms with Crippen LogP contribution in [0.25, 0.3) is 21.7 Å². The Hall–Kier alpha value is -3.52. The molecule has 0 aliphatic carbocycles. The van der Waals surface area contributed by atoms with E-state index in [1.54, 1.807) is 24.3 Å². The number of hydrogen-bond acceptors (Lipinski definition) is 5. The second kappa shape index (κ2) is 8.92. The summed E-state index contributed by atoms with van der Waals surface area (Å²) >= 11 is 0. The molecule has 0 bridgehead atoms. The number of piperidine rings is 1. The number of likely N-dealkylation sites (tertiary alicyclic amines) is 1. The van der Waals surface area contributed by atoms with E-state index in [2.05, 4.69) is 11.8 Å². The zero-order valence-corrected chi connectivity index (χ0v) is 19.1. The van der Waals surface area contributed by atoms with Crippen molar-refractivity contribution in [1.29, 1.82) is 0 Å². The topological polar surface area (TPSA) is 62.9 Å². The number of ether oxygens (including phenoxy) is 1. The average molecular weight is 483 g/mol. The van der Waals surface area contributed by atoms with Crippen molar-refractivity contribution in [2.45, 2.75) is 32.5 Å². The number of alkyl halides is 3. The Kier molecular flexibility index (Phi) is 5.92. The number of fused-ring (bicyclic) bond motifs is 2. The van der Waals surface area contributed by atoms with Gasteiger partial charge in [-0.15, -0.1) is 0 Å². The van der Waals surface area contributed by atoms with Crippen LogP contribution >= 0.6 is 0 Å². The van der Waals surface area contributed by atoms with E-state index in [1.165, 1.54) is 18.2 Å². The summed E-state index contributed by atoms with van der Waals surface area (Å²) in [4.78, 5) is 15.3. The van der Waals surface area contributed by atoms with Gasteiger partial charge >= 0.3 is 6.18 Å². The maximum atomic E-state index is 14.1. The molecule has 0 saturated carbocycles. The minimum Gasteiger partial charge on any atom is -0.507 e. The minimum atomic E-state index is -4.98. The lowest BCUT2D eigenvalue weighted by atomic mass is 9.99. The van der Waals surface area contributed by atoms with Gasteiger partial charge in [0.15, 0.2) is 0 Å². The Labute approximate surface area is 199 Å². The predicted molar refractivity (Wildman–Crippen MR) is 127 cm³/mol. The summed E-state index contributed by atoms with van der Waals surface area (Å²) in [6.07, 6.45) is -2.96. The SMILES string of the molecule is C[C@H]1CCCN(Cc2c(O)ccc3c(=O)c(Oc4ccc5ccccc5c4)c(C(F)(F)F)oc23)C1. The third kappa shape index (κ3) is 4.58. The molecule has 5 nitrogen and oxygen atoms in total. The number of rotatable bonds is 4. The van der Waals surface area contributed by atoms with Gasteiger partial charge in [-0.05, 0) is 60.3 Å². The molecule has 0 amide bonds. The molecule has 1 aromatic heterocycles. The van der Waals surface area contributed by atoms with Crippen molar-refractivity contribution in [3.05, 3.63) is 76.1 Å². The van der Waals surface area contributed by atoms with Crippen LogP contribution in [0.3, 0.4) is 0 Å². The van der Waals surface area contributed by atoms with Crippen molar-refractivity contribution >= 4 is 21.7 Å². The lowest BCUT2D eigenvalue weighted by Crippen LogP contribution is -2.33. The maximum Gasteiger partial charge on any atom is 0.453 e. The highest BCUT2D eigenvalue weighted by Crippen LogP contribution is 2.40. The number of hydrogen-bond donors (Lipinski definition) is 1. The van der Waals surface area contributed by atoms with Gasteiger partial charge in [0.2, 0.25) is 11.2 Å². The van der Waals surface area contributed by atoms with Gasteiger partial charge in [-0.25, -0.2) is 0 Å². The molecule has 0 spiro atoms. The molecular weight excluding hydrogens is 459 g/mol. The Balaban J connectivity index is 1.63. The van der Waals surface area contributed by atoms with Crippen LogP contribution in [-0.2, 0) is 12.7 Å². The standard InChI is InChI=1S/C27H24F3NO4/c1-16-5-4-12-31(14-16)15-21-22(32)11-10-20-23(33)25(26(27(28,29)30)35-24(20)21)34-19-9-8-17-6-2-3-7-18(17)13-19/h2-3,6-11,13,16,32H,4-5,12,14-15H2,1H3/t16-/m0/s1. The Morgan fingerprint density at radius 3 is 2.63 bits per heavy atom. The summed E-state index contributed by atoms with van der Waals surface area (Å²) in [5, 5.41) is 12.1. The molecule has 3 aromatic carbocycles. The summed E-state index contributed by atoms with van der Waals surface area (Å²) < 4.78 is 53.1. The number of nitrogens with zero attached hydrogens (tertiary/aromatic N) is 1. The van der Waals surface area contributed by atoms with Gasteiger partial charge < -0.3 is 14.3 Å². The average Bonchev–Trinajstić information content (AvgIpc) is 2.81. The van der Waals surface area contributed by atoms with E-state index in [4.69, 9.17) is 9.15 Å². The van der Waals surface area contributed by atoms with Gasteiger partial charge in [-0.2, -0.15) is 13.2 Å². The Morgan fingerprint density at radius 2 is 1.89 bits per heavy atom. The normalized spacial score (nSPS) is 17.2. The van der Waals surface area contributed by atoms with E-state index < -0.39 is 23.1 Å². The van der Waals surface area contributed by atoms with Crippen molar-refractivity contribution in [2.24, 2.45) is 5.92 Å². The van der Waals surface area contributed by atoms with Gasteiger partial charge in [-0.3, -0.25) is 9.69 Å². The first-order chi connectivity index (χ1) is 16.7. The molecule has 2 heterocycles. The van der Waals surface area contributed by atoms with Crippen LogP contribution in [0.5, 0.6) is 17.2 Å². The third-order valence-electron chi connectivity index (χ3n) is 6.42. The molecule has 5 rings (SSSR count). The second-order valence-corrected chi connectivity index (χ2v) is 9.12. The number of aromatic hydroxyl groups is 1. The molecule has 1 fully saturated rings. The van der Waals surface area contributed by atoms with Gasteiger partial charge in [0.05, 0.1) is 10.9 Å². The lowest BCUT2D eigenvalue weighted by molar-refractivity contribution is -0.154. The fourth-order valence-electron chi connectivity index (χ4n) is 4.72. The maximum absolute atomic E-state index is 14.1. The van der Waals surface area contributed by atoms with E-state index >= 15 is 0 Å². The molecule has 1 aliphatic rings. The van der Waals surface area contributed by atoms with E-state index in [9.17, 15) is 23.1 Å². The fourth-order valence-corrected chi connectivity index (χ4v) is 4.72. The van der Waals surface area contributed by atoms with Crippen LogP contribution in [0.2, 0.25) is 0 Å². The van der Waals surface area contributed by atoms with Crippen LogP contribution in [-0.4, -0.2) is 23.1 Å². The summed E-state index contributed by atoms with van der Waals surface area (Å²) in [7, 11) is 0. The first-order valence-corrected chi connectivity index (χ1v) is 11.5. The molecule has 4 aromatic rings. The number of halogens is 3. The molecular formula is C27H24F3NO4. The van der Waals surface area contributed by atoms with Crippen LogP contribution in [0.1, 0.15) is 31.1 Å². The van der Waals surface area contributed by atoms with Crippen LogP contribution in [0, 0.1) is 5.92 Å². The quantitative estimate of drug-likeness (QED) is 0.350. The van der Waals surface area contributed by atoms with Crippen LogP contribution in [0.4, 0.5) is 13.2 Å². The van der Waals surface area contributed by atoms with Gasteiger partial charge in [0.1, 0.15) is 17.1 Å². The zero-order valence-electron chi connectivity index (χ0n) is 19.1. The molecule has 35 heavy (non-hydrogen) atoms. The van der Waals surface area contributed by atoms with Crippen molar-refractivity contribution in [2.75, 3.05) is 13.1 Å². The van der Waals surface area contributed by atoms with Gasteiger partial charge in [0.25, 0.3) is 5.76 Å². The van der Waals surface area contributed by atoms with E-state index in [1.807, 2.05) is 12.1 Å². The van der Waals surface area contributed by atoms with E-state index in [0.29, 0.717) is 5.92 Å². The highest BCUT2D eigenvalue weighted by Gasteiger charge is 2.41. The van der Waals surface area contributed by atoms with Crippen LogP contribution in [0.15, 0.2) is 63.8 Å². The predicted octanol–water partition coefficient (Wildman–Crippen LogP) is 6.69. The summed E-state index contributed by atoms with van der Waals surface area (Å²) in [6.45, 7) is 3.78. The third-order valence-corrected chi connectivity index (χ3v) is 6.42. The highest BCUT2D eigenvalue weighted by molar-refractivity contribution is 5.85. The lowest BCUT2D eigenvalue weighted by Gasteiger charge is -2.31. The first-order valence-electron chi connectivity index (χ1n) is 11.5. The van der Waals surface area contributed by atoms with Crippen molar-refractivity contribution in [1.82, 2.24) is 4.90 Å². The first kappa shape index (κ1) is 23.2. The molecule has 1 atom stereocenters. The minimum absolute atomic E-state index is 0.0772. The van der Waals surface area contributed by atoms with Crippen molar-refractivity contribution < 1.29 is 27.4 Å². The fraction of sp³-hybridized carbons (Fsp3) is 0.296. The monoisotopic (exact) mass is 483 g/mol. The molecule has 1 N–H and O–H groups in total. The largest absolute Gasteiger partial charge is 0.507 e. The summed E-state index contributed by atoms with van der Waals surface area (Å²) in [5.41, 5.74) is -1.05. The summed E-state index contributed by atoms with van der Waals surface area (Å²) in [5.74, 6) is -2.15. The Bertz CT molecular complexity index is 1460. The molecule has 8 heteroatoms. The van der Waals surface area contributed by atoms with Crippen molar-refractivity contribution in [3.8, 4) is 17.2 Å². The number of benzene rings is 3. The van der Waals surface area contributed by atoms with E-state index in [-0.39, 0.29) is 34.6 Å². The van der Waals surface area contributed by atoms with Crippen LogP contribution < -0.4 is 10.2 Å². The number of phenols is 1. The second-order valence-electron chi connectivity index (χ2n) is 9.12. The Morgan fingerprint density at radius 1 is 1.11 bits per heavy atom. The molecule has 1 aliphatic heterocycles. The molecule has 0 radical (unpaired) electrons. The molecule has 182 valence electrons. The molecule has 0 unspecified atom stereocenters. The van der Waals surface area contributed by atoms with Crippen molar-refractivity contribution in [3.63, 3.8) is 0 Å². The highest BCUT2D eigenvalue weighted by atomic mass is 19.4. The summed E-state index contributed by atoms with van der Waals surface area (Å²) in [6, 6.07) is 14.7. The number of phenolic OH excluding ortho intramolecular Hbond substituents is 1.